The molecule has 6 heteroatoms. The van der Waals surface area contributed by atoms with E-state index in [1.54, 1.807) is 6.92 Å². The number of carbonyl (C=O) groups excluding carboxylic acids is 1. The highest BCUT2D eigenvalue weighted by atomic mass is 19.4. The van der Waals surface area contributed by atoms with Gasteiger partial charge in [0.05, 0.1) is 5.56 Å². The maximum Gasteiger partial charge on any atom is 0.416 e. The van der Waals surface area contributed by atoms with Crippen molar-refractivity contribution >= 4 is 5.91 Å². The minimum Gasteiger partial charge on any atom is -0.355 e. The van der Waals surface area contributed by atoms with Gasteiger partial charge in [-0.25, -0.2) is 0 Å². The first-order chi connectivity index (χ1) is 10.3. The Kier molecular flexibility index (Phi) is 7.38. The van der Waals surface area contributed by atoms with E-state index in [-0.39, 0.29) is 11.8 Å². The lowest BCUT2D eigenvalue weighted by atomic mass is 9.99. The third-order valence-electron chi connectivity index (χ3n) is 3.30. The number of benzene rings is 1. The van der Waals surface area contributed by atoms with Crippen molar-refractivity contribution < 1.29 is 18.0 Å². The van der Waals surface area contributed by atoms with Gasteiger partial charge in [-0.05, 0) is 37.1 Å². The van der Waals surface area contributed by atoms with Crippen molar-refractivity contribution in [1.29, 1.82) is 0 Å². The van der Waals surface area contributed by atoms with Gasteiger partial charge >= 0.3 is 6.18 Å². The summed E-state index contributed by atoms with van der Waals surface area (Å²) in [5, 5.41) is 5.99. The number of nitrogens with one attached hydrogen (secondary N) is 2. The zero-order chi connectivity index (χ0) is 16.6. The summed E-state index contributed by atoms with van der Waals surface area (Å²) in [6.45, 7) is 6.02. The molecule has 0 saturated carbocycles. The third-order valence-corrected chi connectivity index (χ3v) is 3.30. The number of hydrogen-bond acceptors (Lipinski definition) is 2. The molecule has 0 spiro atoms. The Morgan fingerprint density at radius 2 is 1.77 bits per heavy atom. The van der Waals surface area contributed by atoms with Gasteiger partial charge in [0.15, 0.2) is 0 Å². The van der Waals surface area contributed by atoms with Crippen LogP contribution in [0.4, 0.5) is 13.2 Å². The number of amides is 1. The molecule has 0 aromatic heterocycles. The normalized spacial score (nSPS) is 13.0. The lowest BCUT2D eigenvalue weighted by Gasteiger charge is -2.13. The summed E-state index contributed by atoms with van der Waals surface area (Å²) in [5.74, 6) is -0.360. The lowest BCUT2D eigenvalue weighted by molar-refractivity contribution is -0.137. The van der Waals surface area contributed by atoms with Crippen LogP contribution in [0.25, 0.3) is 0 Å². The zero-order valence-electron chi connectivity index (χ0n) is 13.0. The van der Waals surface area contributed by atoms with E-state index in [1.165, 1.54) is 12.1 Å². The molecule has 124 valence electrons. The number of halogens is 3. The Balaban J connectivity index is 2.40. The summed E-state index contributed by atoms with van der Waals surface area (Å²) < 4.78 is 37.4. The maximum absolute atomic E-state index is 12.5. The molecule has 0 bridgehead atoms. The minimum atomic E-state index is -4.33. The first kappa shape index (κ1) is 18.5. The van der Waals surface area contributed by atoms with Crippen molar-refractivity contribution in [3.8, 4) is 0 Å². The second kappa shape index (κ2) is 8.78. The van der Waals surface area contributed by atoms with E-state index in [2.05, 4.69) is 17.6 Å². The van der Waals surface area contributed by atoms with E-state index in [9.17, 15) is 18.0 Å². The van der Waals surface area contributed by atoms with Gasteiger partial charge in [-0.3, -0.25) is 4.79 Å². The molecular formula is C16H23F3N2O. The summed E-state index contributed by atoms with van der Waals surface area (Å²) in [6.07, 6.45) is -2.86. The summed E-state index contributed by atoms with van der Waals surface area (Å²) in [6, 6.07) is 4.95. The standard InChI is InChI=1S/C16H23F3N2O/c1-3-8-20-9-10-21-15(22)12(2)11-13-4-6-14(7-5-13)16(17,18)19/h4-7,12,20H,3,8-11H2,1-2H3,(H,21,22). The quantitative estimate of drug-likeness (QED) is 0.724. The molecule has 22 heavy (non-hydrogen) atoms. The largest absolute Gasteiger partial charge is 0.416 e. The average molecular weight is 316 g/mol. The van der Waals surface area contributed by atoms with Gasteiger partial charge in [-0.1, -0.05) is 26.0 Å². The molecule has 0 aliphatic rings. The van der Waals surface area contributed by atoms with Crippen molar-refractivity contribution in [2.75, 3.05) is 19.6 Å². The third kappa shape index (κ3) is 6.47. The van der Waals surface area contributed by atoms with E-state index < -0.39 is 11.7 Å². The number of alkyl halides is 3. The average Bonchev–Trinajstić information content (AvgIpc) is 2.46. The molecule has 3 nitrogen and oxygen atoms in total. The van der Waals surface area contributed by atoms with Gasteiger partial charge in [0.25, 0.3) is 0 Å². The van der Waals surface area contributed by atoms with Crippen molar-refractivity contribution in [1.82, 2.24) is 10.6 Å². The Labute approximate surface area is 129 Å². The smallest absolute Gasteiger partial charge is 0.355 e. The summed E-state index contributed by atoms with van der Waals surface area (Å²) >= 11 is 0. The molecule has 0 saturated heterocycles. The topological polar surface area (TPSA) is 41.1 Å². The van der Waals surface area contributed by atoms with E-state index in [4.69, 9.17) is 0 Å². The number of carbonyl (C=O) groups is 1. The fourth-order valence-corrected chi connectivity index (χ4v) is 2.03. The minimum absolute atomic E-state index is 0.0850. The van der Waals surface area contributed by atoms with Gasteiger partial charge in [-0.2, -0.15) is 13.2 Å². The molecule has 0 fully saturated rings. The fourth-order valence-electron chi connectivity index (χ4n) is 2.03. The molecule has 1 rings (SSSR count). The molecule has 2 N–H and O–H groups in total. The van der Waals surface area contributed by atoms with Gasteiger partial charge in [0.1, 0.15) is 0 Å². The highest BCUT2D eigenvalue weighted by molar-refractivity contribution is 5.78. The first-order valence-electron chi connectivity index (χ1n) is 7.49. The molecule has 1 aromatic carbocycles. The van der Waals surface area contributed by atoms with Gasteiger partial charge in [-0.15, -0.1) is 0 Å². The summed E-state index contributed by atoms with van der Waals surface area (Å²) in [5.41, 5.74) is 0.0510. The van der Waals surface area contributed by atoms with Crippen LogP contribution in [0, 0.1) is 5.92 Å². The van der Waals surface area contributed by atoms with Crippen LogP contribution in [-0.2, 0) is 17.4 Å². The van der Waals surface area contributed by atoms with Crippen LogP contribution in [0.15, 0.2) is 24.3 Å². The van der Waals surface area contributed by atoms with Gasteiger partial charge in [0.2, 0.25) is 5.91 Å². The molecule has 0 aliphatic heterocycles. The molecule has 1 amide bonds. The molecule has 1 unspecified atom stereocenters. The van der Waals surface area contributed by atoms with E-state index in [0.29, 0.717) is 19.5 Å². The van der Waals surface area contributed by atoms with Crippen LogP contribution in [0.1, 0.15) is 31.4 Å². The van der Waals surface area contributed by atoms with Crippen molar-refractivity contribution in [3.63, 3.8) is 0 Å². The van der Waals surface area contributed by atoms with E-state index in [0.717, 1.165) is 30.7 Å². The predicted molar refractivity (Wildman–Crippen MR) is 80.5 cm³/mol. The molecule has 1 atom stereocenters. The Morgan fingerprint density at radius 1 is 1.14 bits per heavy atom. The van der Waals surface area contributed by atoms with Crippen LogP contribution < -0.4 is 10.6 Å². The van der Waals surface area contributed by atoms with Crippen LogP contribution >= 0.6 is 0 Å². The van der Waals surface area contributed by atoms with Crippen molar-refractivity contribution in [2.45, 2.75) is 32.9 Å². The van der Waals surface area contributed by atoms with Gasteiger partial charge in [0, 0.05) is 19.0 Å². The van der Waals surface area contributed by atoms with Crippen LogP contribution in [0.3, 0.4) is 0 Å². The summed E-state index contributed by atoms with van der Waals surface area (Å²) in [7, 11) is 0. The second-order valence-corrected chi connectivity index (χ2v) is 5.34. The fraction of sp³-hybridized carbons (Fsp3) is 0.562. The number of hydrogen-bond donors (Lipinski definition) is 2. The predicted octanol–water partition coefficient (Wildman–Crippen LogP) is 3.00. The SMILES string of the molecule is CCCNCCNC(=O)C(C)Cc1ccc(C(F)(F)F)cc1. The van der Waals surface area contributed by atoms with Crippen LogP contribution in [0.2, 0.25) is 0 Å². The van der Waals surface area contributed by atoms with E-state index in [1.807, 2.05) is 0 Å². The monoisotopic (exact) mass is 316 g/mol. The number of rotatable bonds is 8. The molecule has 1 aromatic rings. The van der Waals surface area contributed by atoms with Gasteiger partial charge < -0.3 is 10.6 Å². The zero-order valence-corrected chi connectivity index (χ0v) is 13.0. The lowest BCUT2D eigenvalue weighted by Crippen LogP contribution is -2.35. The first-order valence-corrected chi connectivity index (χ1v) is 7.49. The molecule has 0 aliphatic carbocycles. The van der Waals surface area contributed by atoms with Crippen molar-refractivity contribution in [3.05, 3.63) is 35.4 Å². The highest BCUT2D eigenvalue weighted by Crippen LogP contribution is 2.29. The second-order valence-electron chi connectivity index (χ2n) is 5.34. The molecular weight excluding hydrogens is 293 g/mol. The summed E-state index contributed by atoms with van der Waals surface area (Å²) in [4.78, 5) is 11.9. The van der Waals surface area contributed by atoms with Crippen molar-refractivity contribution in [2.24, 2.45) is 5.92 Å². The Hall–Kier alpha value is -1.56. The van der Waals surface area contributed by atoms with Crippen LogP contribution in [0.5, 0.6) is 0 Å². The Morgan fingerprint density at radius 3 is 2.32 bits per heavy atom. The Bertz CT molecular complexity index is 457. The molecule has 0 radical (unpaired) electrons. The van der Waals surface area contributed by atoms with E-state index >= 15 is 0 Å². The van der Waals surface area contributed by atoms with Crippen LogP contribution in [-0.4, -0.2) is 25.5 Å². The maximum atomic E-state index is 12.5. The molecule has 0 heterocycles. The highest BCUT2D eigenvalue weighted by Gasteiger charge is 2.30.